The third-order valence-electron chi connectivity index (χ3n) is 1.33. The molecule has 6 nitrogen and oxygen atoms in total. The molecule has 0 aliphatic rings. The van der Waals surface area contributed by atoms with Crippen LogP contribution in [0.1, 0.15) is 0 Å². The summed E-state index contributed by atoms with van der Waals surface area (Å²) in [6.45, 7) is 0. The summed E-state index contributed by atoms with van der Waals surface area (Å²) in [5.74, 6) is -0.468. The lowest BCUT2D eigenvalue weighted by atomic mass is 10.3. The van der Waals surface area contributed by atoms with Gasteiger partial charge in [-0.2, -0.15) is 8.42 Å². The van der Waals surface area contributed by atoms with E-state index in [2.05, 4.69) is 4.18 Å². The fourth-order valence-corrected chi connectivity index (χ4v) is 1.70. The first kappa shape index (κ1) is 11.9. The highest BCUT2D eigenvalue weighted by molar-refractivity contribution is 7.89. The van der Waals surface area contributed by atoms with Gasteiger partial charge in [0, 0.05) is 6.07 Å². The van der Waals surface area contributed by atoms with E-state index in [-0.39, 0.29) is 4.90 Å². The third-order valence-corrected chi connectivity index (χ3v) is 2.63. The van der Waals surface area contributed by atoms with Gasteiger partial charge in [-0.25, -0.2) is 13.6 Å². The van der Waals surface area contributed by atoms with Crippen molar-refractivity contribution < 1.29 is 24.9 Å². The summed E-state index contributed by atoms with van der Waals surface area (Å²) < 4.78 is 57.7. The molecule has 0 amide bonds. The Hall–Kier alpha value is -1.19. The zero-order chi connectivity index (χ0) is 11.7. The van der Waals surface area contributed by atoms with Crippen molar-refractivity contribution in [1.82, 2.24) is 0 Å². The van der Waals surface area contributed by atoms with E-state index in [1.54, 1.807) is 0 Å². The van der Waals surface area contributed by atoms with Crippen LogP contribution in [-0.2, 0) is 20.5 Å². The predicted molar refractivity (Wildman–Crippen MR) is 48.5 cm³/mol. The van der Waals surface area contributed by atoms with Gasteiger partial charge in [-0.05, 0) is 12.1 Å². The molecule has 2 N–H and O–H groups in total. The van der Waals surface area contributed by atoms with Crippen LogP contribution in [0.25, 0.3) is 0 Å². The number of sulfonamides is 1. The van der Waals surface area contributed by atoms with Gasteiger partial charge in [0.25, 0.3) is 0 Å². The Morgan fingerprint density at radius 1 is 1.20 bits per heavy atom. The first-order valence-corrected chi connectivity index (χ1v) is 6.31. The lowest BCUT2D eigenvalue weighted by molar-refractivity contribution is 0.439. The number of hydrogen-bond donors (Lipinski definition) is 1. The van der Waals surface area contributed by atoms with E-state index in [1.165, 1.54) is 6.07 Å². The van der Waals surface area contributed by atoms with Crippen LogP contribution in [-0.4, -0.2) is 16.8 Å². The van der Waals surface area contributed by atoms with Gasteiger partial charge >= 0.3 is 10.5 Å². The first-order chi connectivity index (χ1) is 6.68. The predicted octanol–water partition coefficient (Wildman–Crippen LogP) is -0.0729. The number of benzene rings is 1. The summed E-state index contributed by atoms with van der Waals surface area (Å²) in [4.78, 5) is -0.372. The summed E-state index contributed by atoms with van der Waals surface area (Å²) >= 11 is 0. The minimum Gasteiger partial charge on any atom is -0.358 e. The van der Waals surface area contributed by atoms with Crippen molar-refractivity contribution in [2.45, 2.75) is 4.90 Å². The minimum absolute atomic E-state index is 0.372. The normalized spacial score (nSPS) is 12.4. The van der Waals surface area contributed by atoms with Crippen molar-refractivity contribution in [3.05, 3.63) is 24.3 Å². The molecule has 1 aromatic rings. The smallest absolute Gasteiger partial charge is 0.358 e. The molecule has 0 atom stereocenters. The molecular formula is C6H6FNO5S2. The maximum absolute atomic E-state index is 12.1. The second-order valence-electron chi connectivity index (χ2n) is 2.50. The maximum Gasteiger partial charge on any atom is 0.488 e. The number of hydrogen-bond acceptors (Lipinski definition) is 5. The highest BCUT2D eigenvalue weighted by atomic mass is 32.3. The van der Waals surface area contributed by atoms with Crippen LogP contribution in [0.15, 0.2) is 29.2 Å². The Balaban J connectivity index is 3.15. The second-order valence-corrected chi connectivity index (χ2v) is 5.01. The van der Waals surface area contributed by atoms with E-state index in [0.29, 0.717) is 0 Å². The summed E-state index contributed by atoms with van der Waals surface area (Å²) in [7, 11) is -9.15. The molecular weight excluding hydrogens is 249 g/mol. The van der Waals surface area contributed by atoms with Crippen molar-refractivity contribution in [1.29, 1.82) is 0 Å². The lowest BCUT2D eigenvalue weighted by Crippen LogP contribution is -2.12. The van der Waals surface area contributed by atoms with E-state index in [9.17, 15) is 20.7 Å². The first-order valence-electron chi connectivity index (χ1n) is 3.45. The topological polar surface area (TPSA) is 104 Å². The molecule has 0 fully saturated rings. The molecule has 0 radical (unpaired) electrons. The zero-order valence-electron chi connectivity index (χ0n) is 7.12. The molecule has 84 valence electrons. The molecule has 0 saturated carbocycles. The van der Waals surface area contributed by atoms with Crippen LogP contribution in [0.5, 0.6) is 5.75 Å². The van der Waals surface area contributed by atoms with Gasteiger partial charge in [0.1, 0.15) is 5.75 Å². The Bertz CT molecular complexity index is 565. The van der Waals surface area contributed by atoms with Crippen molar-refractivity contribution in [3.63, 3.8) is 0 Å². The maximum atomic E-state index is 12.1. The third kappa shape index (κ3) is 3.81. The van der Waals surface area contributed by atoms with Crippen LogP contribution in [0.3, 0.4) is 0 Å². The van der Waals surface area contributed by atoms with Gasteiger partial charge < -0.3 is 4.18 Å². The number of nitrogens with two attached hydrogens (primary N) is 1. The zero-order valence-corrected chi connectivity index (χ0v) is 8.76. The number of halogens is 1. The molecule has 1 rings (SSSR count). The van der Waals surface area contributed by atoms with Gasteiger partial charge in [-0.3, -0.25) is 0 Å². The van der Waals surface area contributed by atoms with Crippen molar-refractivity contribution in [2.75, 3.05) is 0 Å². The summed E-state index contributed by atoms with van der Waals surface area (Å²) in [5.41, 5.74) is 0. The van der Waals surface area contributed by atoms with Crippen LogP contribution >= 0.6 is 0 Å². The van der Waals surface area contributed by atoms with Gasteiger partial charge in [-0.1, -0.05) is 9.95 Å². The Kier molecular flexibility index (Phi) is 2.98. The fraction of sp³-hybridized carbons (Fsp3) is 0. The Morgan fingerprint density at radius 3 is 2.27 bits per heavy atom. The largest absolute Gasteiger partial charge is 0.488 e. The van der Waals surface area contributed by atoms with Crippen molar-refractivity contribution in [2.24, 2.45) is 5.14 Å². The van der Waals surface area contributed by atoms with Crippen molar-refractivity contribution >= 4 is 20.5 Å². The lowest BCUT2D eigenvalue weighted by Gasteiger charge is -2.01. The highest BCUT2D eigenvalue weighted by Crippen LogP contribution is 2.18. The second kappa shape index (κ2) is 3.76. The summed E-state index contributed by atoms with van der Waals surface area (Å²) in [5, 5.41) is 4.76. The monoisotopic (exact) mass is 255 g/mol. The van der Waals surface area contributed by atoms with Crippen LogP contribution in [0.4, 0.5) is 3.89 Å². The summed E-state index contributed by atoms with van der Waals surface area (Å²) in [6, 6.07) is 4.16. The van der Waals surface area contributed by atoms with E-state index < -0.39 is 26.3 Å². The van der Waals surface area contributed by atoms with Crippen LogP contribution in [0, 0.1) is 0 Å². The summed E-state index contributed by atoms with van der Waals surface area (Å²) in [6.07, 6.45) is 0. The molecule has 0 heterocycles. The van der Waals surface area contributed by atoms with Gasteiger partial charge in [0.05, 0.1) is 4.90 Å². The molecule has 0 aliphatic heterocycles. The highest BCUT2D eigenvalue weighted by Gasteiger charge is 2.13. The van der Waals surface area contributed by atoms with E-state index >= 15 is 0 Å². The minimum atomic E-state index is -5.18. The fourth-order valence-electron chi connectivity index (χ4n) is 0.818. The van der Waals surface area contributed by atoms with E-state index in [1.807, 2.05) is 0 Å². The van der Waals surface area contributed by atoms with Gasteiger partial charge in [-0.15, -0.1) is 0 Å². The molecule has 0 aliphatic carbocycles. The van der Waals surface area contributed by atoms with Gasteiger partial charge in [0.15, 0.2) is 0 Å². The Morgan fingerprint density at radius 2 is 1.80 bits per heavy atom. The van der Waals surface area contributed by atoms with E-state index in [4.69, 9.17) is 5.14 Å². The number of rotatable bonds is 3. The average Bonchev–Trinajstić information content (AvgIpc) is 1.99. The molecule has 1 aromatic carbocycles. The van der Waals surface area contributed by atoms with E-state index in [0.717, 1.165) is 18.2 Å². The molecule has 0 bridgehead atoms. The molecule has 15 heavy (non-hydrogen) atoms. The standard InChI is InChI=1S/C6H6FNO5S2/c7-15(11,12)13-5-2-1-3-6(4-5)14(8,9)10/h1-4H,(H2,8,9,10). The molecule has 0 aromatic heterocycles. The molecule has 0 saturated heterocycles. The molecule has 0 spiro atoms. The molecule has 0 unspecified atom stereocenters. The number of primary sulfonamides is 1. The molecule has 9 heteroatoms. The van der Waals surface area contributed by atoms with Crippen molar-refractivity contribution in [3.8, 4) is 5.75 Å². The Labute approximate surface area is 85.9 Å². The van der Waals surface area contributed by atoms with Crippen LogP contribution < -0.4 is 9.32 Å². The SMILES string of the molecule is NS(=O)(=O)c1cccc(OS(=O)(=O)F)c1. The van der Waals surface area contributed by atoms with Gasteiger partial charge in [0.2, 0.25) is 10.0 Å². The quantitative estimate of drug-likeness (QED) is 0.761. The van der Waals surface area contributed by atoms with Crippen LogP contribution in [0.2, 0.25) is 0 Å². The average molecular weight is 255 g/mol.